The molecular formula is C18H28N4O2. The molecule has 1 aromatic heterocycles. The number of methoxy groups -OCH3 is 1. The molecule has 3 N–H and O–H groups in total. The lowest BCUT2D eigenvalue weighted by molar-refractivity contribution is -0.133. The molecule has 0 aromatic carbocycles. The average Bonchev–Trinajstić information content (AvgIpc) is 2.80. The van der Waals surface area contributed by atoms with Crippen molar-refractivity contribution in [1.82, 2.24) is 15.2 Å². The third kappa shape index (κ3) is 3.45. The second-order valence-corrected chi connectivity index (χ2v) is 6.98. The summed E-state index contributed by atoms with van der Waals surface area (Å²) in [6.45, 7) is 2.26. The molecule has 2 aliphatic rings. The molecule has 2 aliphatic heterocycles. The standard InChI is InChI=1S/C18H28N4O2/c1-24-16(12-21-11-14-4-3-9-20-10-14)13-22-15-5-2-7-18(22,8-6-15)17(19)23/h3-4,9-10,15-16,21H,2,5-8,11-13H2,1H3,(H2,19,23)/t15-,16?,18+/m1/s1. The third-order valence-corrected chi connectivity index (χ3v) is 5.63. The molecule has 1 amide bonds. The Morgan fingerprint density at radius 2 is 2.42 bits per heavy atom. The van der Waals surface area contributed by atoms with Crippen molar-refractivity contribution >= 4 is 5.91 Å². The van der Waals surface area contributed by atoms with Crippen molar-refractivity contribution in [1.29, 1.82) is 0 Å². The average molecular weight is 332 g/mol. The number of pyridine rings is 1. The highest BCUT2D eigenvalue weighted by Crippen LogP contribution is 2.44. The first-order valence-electron chi connectivity index (χ1n) is 8.85. The van der Waals surface area contributed by atoms with Gasteiger partial charge in [-0.1, -0.05) is 6.07 Å². The smallest absolute Gasteiger partial charge is 0.237 e. The zero-order valence-electron chi connectivity index (χ0n) is 14.4. The Hall–Kier alpha value is -1.50. The minimum absolute atomic E-state index is 0.0408. The molecule has 0 aliphatic carbocycles. The Morgan fingerprint density at radius 3 is 3.12 bits per heavy atom. The number of hydrogen-bond acceptors (Lipinski definition) is 5. The van der Waals surface area contributed by atoms with Gasteiger partial charge in [0.15, 0.2) is 0 Å². The molecule has 2 saturated heterocycles. The van der Waals surface area contributed by atoms with Gasteiger partial charge in [0.1, 0.15) is 5.54 Å². The Labute approximate surface area is 143 Å². The van der Waals surface area contributed by atoms with Gasteiger partial charge < -0.3 is 15.8 Å². The van der Waals surface area contributed by atoms with Gasteiger partial charge in [0.05, 0.1) is 6.10 Å². The van der Waals surface area contributed by atoms with Crippen molar-refractivity contribution in [2.24, 2.45) is 5.73 Å². The van der Waals surface area contributed by atoms with Crippen molar-refractivity contribution in [2.75, 3.05) is 20.2 Å². The van der Waals surface area contributed by atoms with Gasteiger partial charge in [-0.15, -0.1) is 0 Å². The number of aromatic nitrogens is 1. The lowest BCUT2D eigenvalue weighted by atomic mass is 9.87. The molecule has 3 atom stereocenters. The van der Waals surface area contributed by atoms with Crippen LogP contribution in [0.15, 0.2) is 24.5 Å². The van der Waals surface area contributed by atoms with Crippen LogP contribution in [0.5, 0.6) is 0 Å². The molecule has 1 aromatic rings. The molecule has 2 bridgehead atoms. The van der Waals surface area contributed by atoms with Gasteiger partial charge in [0.2, 0.25) is 5.91 Å². The summed E-state index contributed by atoms with van der Waals surface area (Å²) >= 11 is 0. The molecule has 2 fully saturated rings. The predicted octanol–water partition coefficient (Wildman–Crippen LogP) is 1.06. The van der Waals surface area contributed by atoms with Crippen LogP contribution in [-0.4, -0.2) is 53.7 Å². The van der Waals surface area contributed by atoms with Gasteiger partial charge >= 0.3 is 0 Å². The first kappa shape index (κ1) is 17.3. The fourth-order valence-corrected chi connectivity index (χ4v) is 4.29. The number of primary amides is 1. The van der Waals surface area contributed by atoms with Crippen LogP contribution in [0.3, 0.4) is 0 Å². The summed E-state index contributed by atoms with van der Waals surface area (Å²) in [5.74, 6) is -0.164. The Morgan fingerprint density at radius 1 is 1.54 bits per heavy atom. The van der Waals surface area contributed by atoms with Gasteiger partial charge in [-0.3, -0.25) is 14.7 Å². The number of rotatable bonds is 8. The summed E-state index contributed by atoms with van der Waals surface area (Å²) < 4.78 is 5.67. The molecule has 24 heavy (non-hydrogen) atoms. The van der Waals surface area contributed by atoms with Gasteiger partial charge in [-0.25, -0.2) is 0 Å². The van der Waals surface area contributed by atoms with Crippen molar-refractivity contribution in [2.45, 2.75) is 56.3 Å². The van der Waals surface area contributed by atoms with E-state index in [2.05, 4.69) is 21.3 Å². The van der Waals surface area contributed by atoms with Crippen LogP contribution < -0.4 is 11.1 Å². The molecule has 3 rings (SSSR count). The number of nitrogens with zero attached hydrogens (tertiary/aromatic N) is 2. The van der Waals surface area contributed by atoms with Crippen LogP contribution in [0.2, 0.25) is 0 Å². The van der Waals surface area contributed by atoms with E-state index >= 15 is 0 Å². The maximum absolute atomic E-state index is 12.1. The molecule has 6 heteroatoms. The van der Waals surface area contributed by atoms with E-state index in [9.17, 15) is 4.79 Å². The molecule has 0 radical (unpaired) electrons. The number of fused-ring (bicyclic) bond motifs is 2. The lowest BCUT2D eigenvalue weighted by Crippen LogP contribution is -2.60. The van der Waals surface area contributed by atoms with Crippen molar-refractivity contribution in [3.8, 4) is 0 Å². The van der Waals surface area contributed by atoms with Gasteiger partial charge in [-0.2, -0.15) is 0 Å². The van der Waals surface area contributed by atoms with E-state index in [1.54, 1.807) is 13.3 Å². The normalized spacial score (nSPS) is 28.0. The predicted molar refractivity (Wildman–Crippen MR) is 92.2 cm³/mol. The fraction of sp³-hybridized carbons (Fsp3) is 0.667. The Balaban J connectivity index is 1.57. The summed E-state index contributed by atoms with van der Waals surface area (Å²) in [6, 6.07) is 4.46. The van der Waals surface area contributed by atoms with E-state index in [1.807, 2.05) is 12.3 Å². The molecule has 3 heterocycles. The number of nitrogens with two attached hydrogens (primary N) is 1. The van der Waals surface area contributed by atoms with Gasteiger partial charge in [-0.05, 0) is 43.7 Å². The van der Waals surface area contributed by atoms with E-state index in [0.29, 0.717) is 6.04 Å². The highest BCUT2D eigenvalue weighted by Gasteiger charge is 2.52. The SMILES string of the molecule is COC(CNCc1cccnc1)CN1[C@@H]2CCC[C@@]1(C(N)=O)CC2. The van der Waals surface area contributed by atoms with E-state index in [0.717, 1.165) is 57.3 Å². The summed E-state index contributed by atoms with van der Waals surface area (Å²) in [4.78, 5) is 18.6. The number of piperidine rings is 1. The number of carbonyl (C=O) groups excluding carboxylic acids is 1. The summed E-state index contributed by atoms with van der Waals surface area (Å²) in [5, 5.41) is 3.43. The number of ether oxygens (including phenoxy) is 1. The Kier molecular flexibility index (Phi) is 5.48. The second-order valence-electron chi connectivity index (χ2n) is 6.98. The maximum Gasteiger partial charge on any atom is 0.237 e. The Bertz CT molecular complexity index is 549. The number of carbonyl (C=O) groups is 1. The highest BCUT2D eigenvalue weighted by molar-refractivity contribution is 5.85. The molecular weight excluding hydrogens is 304 g/mol. The maximum atomic E-state index is 12.1. The lowest BCUT2D eigenvalue weighted by Gasteiger charge is -2.44. The highest BCUT2D eigenvalue weighted by atomic mass is 16.5. The first-order valence-corrected chi connectivity index (χ1v) is 8.85. The largest absolute Gasteiger partial charge is 0.379 e. The quantitative estimate of drug-likeness (QED) is 0.744. The van der Waals surface area contributed by atoms with E-state index in [1.165, 1.54) is 0 Å². The van der Waals surface area contributed by atoms with E-state index < -0.39 is 5.54 Å². The van der Waals surface area contributed by atoms with Crippen molar-refractivity contribution in [3.63, 3.8) is 0 Å². The number of hydrogen-bond donors (Lipinski definition) is 2. The monoisotopic (exact) mass is 332 g/mol. The van der Waals surface area contributed by atoms with Crippen LogP contribution >= 0.6 is 0 Å². The van der Waals surface area contributed by atoms with Crippen molar-refractivity contribution in [3.05, 3.63) is 30.1 Å². The van der Waals surface area contributed by atoms with E-state index in [-0.39, 0.29) is 12.0 Å². The van der Waals surface area contributed by atoms with Gasteiger partial charge in [0.25, 0.3) is 0 Å². The topological polar surface area (TPSA) is 80.5 Å². The summed E-state index contributed by atoms with van der Waals surface area (Å²) in [7, 11) is 1.74. The van der Waals surface area contributed by atoms with Crippen LogP contribution in [-0.2, 0) is 16.1 Å². The number of amides is 1. The zero-order valence-corrected chi connectivity index (χ0v) is 14.4. The third-order valence-electron chi connectivity index (χ3n) is 5.63. The van der Waals surface area contributed by atoms with Crippen LogP contribution in [0.1, 0.15) is 37.7 Å². The first-order chi connectivity index (χ1) is 11.7. The van der Waals surface area contributed by atoms with Crippen LogP contribution in [0, 0.1) is 0 Å². The number of nitrogens with one attached hydrogen (secondary N) is 1. The van der Waals surface area contributed by atoms with Crippen molar-refractivity contribution < 1.29 is 9.53 Å². The van der Waals surface area contributed by atoms with E-state index in [4.69, 9.17) is 10.5 Å². The molecule has 0 saturated carbocycles. The van der Waals surface area contributed by atoms with Gasteiger partial charge in [0, 0.05) is 45.2 Å². The molecule has 1 unspecified atom stereocenters. The molecule has 132 valence electrons. The fourth-order valence-electron chi connectivity index (χ4n) is 4.29. The van der Waals surface area contributed by atoms with Crippen LogP contribution in [0.25, 0.3) is 0 Å². The van der Waals surface area contributed by atoms with Crippen LogP contribution in [0.4, 0.5) is 0 Å². The zero-order chi connectivity index (χ0) is 17.0. The minimum Gasteiger partial charge on any atom is -0.379 e. The summed E-state index contributed by atoms with van der Waals surface area (Å²) in [6.07, 6.45) is 8.79. The summed E-state index contributed by atoms with van der Waals surface area (Å²) in [5.41, 5.74) is 6.49. The molecule has 6 nitrogen and oxygen atoms in total. The minimum atomic E-state index is -0.441. The second kappa shape index (κ2) is 7.59. The molecule has 0 spiro atoms.